The molecule has 0 aliphatic heterocycles. The largest absolute Gasteiger partial charge is 0.456 e. The van der Waals surface area contributed by atoms with E-state index in [-0.39, 0.29) is 0 Å². The monoisotopic (exact) mass is 927 g/mol. The van der Waals surface area contributed by atoms with Gasteiger partial charge in [0.05, 0.1) is 0 Å². The van der Waals surface area contributed by atoms with E-state index in [2.05, 4.69) is 288 Å². The highest BCUT2D eigenvalue weighted by molar-refractivity contribution is 7.25. The summed E-state index contributed by atoms with van der Waals surface area (Å²) < 4.78 is 9.14. The molecule has 0 N–H and O–H groups in total. The molecule has 2 heterocycles. The average molecular weight is 928 g/mol. The molecule has 0 amide bonds. The lowest BCUT2D eigenvalue weighted by molar-refractivity contribution is 0.669. The maximum Gasteiger partial charge on any atom is 0.137 e. The zero-order valence-corrected chi connectivity index (χ0v) is 39.5. The fourth-order valence-corrected chi connectivity index (χ4v) is 11.1. The molecule has 0 fully saturated rings. The lowest BCUT2D eigenvalue weighted by Crippen LogP contribution is -2.10. The average Bonchev–Trinajstić information content (AvgIpc) is 4.00. The van der Waals surface area contributed by atoms with Gasteiger partial charge in [-0.05, 0) is 144 Å². The number of rotatable bonds is 11. The van der Waals surface area contributed by atoms with Crippen LogP contribution in [0.2, 0.25) is 0 Å². The summed E-state index contributed by atoms with van der Waals surface area (Å²) >= 11 is 1.83. The number of thiophene rings is 1. The zero-order valence-electron chi connectivity index (χ0n) is 38.6. The molecule has 11 aromatic carbocycles. The van der Waals surface area contributed by atoms with Crippen molar-refractivity contribution >= 4 is 105 Å². The Morgan fingerprint density at radius 3 is 1.25 bits per heavy atom. The molecule has 13 aromatic rings. The highest BCUT2D eigenvalue weighted by atomic mass is 32.1. The second kappa shape index (κ2) is 18.1. The highest BCUT2D eigenvalue weighted by Crippen LogP contribution is 2.46. The third kappa shape index (κ3) is 7.94. The van der Waals surface area contributed by atoms with Gasteiger partial charge in [0.2, 0.25) is 0 Å². The van der Waals surface area contributed by atoms with Gasteiger partial charge in [-0.25, -0.2) is 0 Å². The van der Waals surface area contributed by atoms with E-state index >= 15 is 0 Å². The smallest absolute Gasteiger partial charge is 0.137 e. The molecule has 0 aliphatic rings. The SMILES string of the molecule is c1ccc(-c2ccc(N(c3cccc(-c4ccccc4)c3)c3ccc4sc5cc(N(c6ccccc6)c6ccc7c(c6)oc6ccc(N(c8ccccc8)c8ccccc8)cc67)ccc5c4c3)cc2)cc1. The van der Waals surface area contributed by atoms with Crippen LogP contribution in [0.1, 0.15) is 0 Å². The van der Waals surface area contributed by atoms with Crippen LogP contribution in [-0.2, 0) is 0 Å². The van der Waals surface area contributed by atoms with E-state index in [1.807, 2.05) is 11.3 Å². The van der Waals surface area contributed by atoms with Crippen LogP contribution < -0.4 is 14.7 Å². The Hall–Kier alpha value is -9.16. The molecule has 0 aliphatic carbocycles. The van der Waals surface area contributed by atoms with E-state index in [0.29, 0.717) is 0 Å². The van der Waals surface area contributed by atoms with Crippen molar-refractivity contribution in [1.82, 2.24) is 0 Å². The van der Waals surface area contributed by atoms with E-state index in [9.17, 15) is 0 Å². The van der Waals surface area contributed by atoms with Crippen LogP contribution in [0, 0.1) is 0 Å². The fraction of sp³-hybridized carbons (Fsp3) is 0. The van der Waals surface area contributed by atoms with Gasteiger partial charge in [0.25, 0.3) is 0 Å². The molecular weight excluding hydrogens is 883 g/mol. The first-order valence-corrected chi connectivity index (χ1v) is 24.8. The number of benzene rings is 11. The molecule has 0 spiro atoms. The Balaban J connectivity index is 0.886. The summed E-state index contributed by atoms with van der Waals surface area (Å²) in [6.07, 6.45) is 0. The highest BCUT2D eigenvalue weighted by Gasteiger charge is 2.21. The van der Waals surface area contributed by atoms with Gasteiger partial charge in [-0.2, -0.15) is 0 Å². The molecule has 0 radical (unpaired) electrons. The van der Waals surface area contributed by atoms with Gasteiger partial charge >= 0.3 is 0 Å². The molecule has 13 rings (SSSR count). The van der Waals surface area contributed by atoms with Crippen molar-refractivity contribution < 1.29 is 4.42 Å². The Morgan fingerprint density at radius 1 is 0.225 bits per heavy atom. The summed E-state index contributed by atoms with van der Waals surface area (Å²) in [6, 6.07) is 97.6. The first kappa shape index (κ1) is 42.0. The van der Waals surface area contributed by atoms with Gasteiger partial charge < -0.3 is 19.1 Å². The molecule has 0 unspecified atom stereocenters. The van der Waals surface area contributed by atoms with Gasteiger partial charge in [-0.3, -0.25) is 0 Å². The van der Waals surface area contributed by atoms with Crippen molar-refractivity contribution in [1.29, 1.82) is 0 Å². The number of furan rings is 1. The number of hydrogen-bond donors (Lipinski definition) is 0. The number of hydrogen-bond acceptors (Lipinski definition) is 5. The molecule has 336 valence electrons. The summed E-state index contributed by atoms with van der Waals surface area (Å²) in [5.41, 5.74) is 16.2. The van der Waals surface area contributed by atoms with Crippen molar-refractivity contribution in [2.45, 2.75) is 0 Å². The molecular formula is C66H45N3OS. The predicted molar refractivity (Wildman–Crippen MR) is 302 cm³/mol. The Bertz CT molecular complexity index is 3950. The summed E-state index contributed by atoms with van der Waals surface area (Å²) in [7, 11) is 0. The fourth-order valence-electron chi connectivity index (χ4n) is 10.0. The van der Waals surface area contributed by atoms with Gasteiger partial charge in [0, 0.05) is 88.2 Å². The van der Waals surface area contributed by atoms with Crippen LogP contribution in [0.3, 0.4) is 0 Å². The summed E-state index contributed by atoms with van der Waals surface area (Å²) in [6.45, 7) is 0. The van der Waals surface area contributed by atoms with Crippen LogP contribution in [0.15, 0.2) is 277 Å². The molecule has 0 saturated carbocycles. The van der Waals surface area contributed by atoms with Crippen LogP contribution >= 0.6 is 11.3 Å². The van der Waals surface area contributed by atoms with Gasteiger partial charge in [0.1, 0.15) is 11.2 Å². The number of nitrogens with zero attached hydrogens (tertiary/aromatic N) is 3. The third-order valence-electron chi connectivity index (χ3n) is 13.4. The van der Waals surface area contributed by atoms with Crippen molar-refractivity contribution in [3.8, 4) is 22.3 Å². The quantitative estimate of drug-likeness (QED) is 0.129. The van der Waals surface area contributed by atoms with E-state index in [4.69, 9.17) is 4.42 Å². The number of fused-ring (bicyclic) bond motifs is 6. The van der Waals surface area contributed by atoms with Crippen molar-refractivity contribution in [2.24, 2.45) is 0 Å². The number of anilines is 9. The minimum absolute atomic E-state index is 0.839. The Morgan fingerprint density at radius 2 is 0.634 bits per heavy atom. The molecule has 5 heteroatoms. The minimum Gasteiger partial charge on any atom is -0.456 e. The molecule has 71 heavy (non-hydrogen) atoms. The third-order valence-corrected chi connectivity index (χ3v) is 14.5. The normalized spacial score (nSPS) is 11.4. The van der Waals surface area contributed by atoms with Crippen LogP contribution in [0.4, 0.5) is 51.2 Å². The van der Waals surface area contributed by atoms with Crippen LogP contribution in [0.5, 0.6) is 0 Å². The standard InChI is InChI=1S/C66H45N3OS/c1-6-17-46(18-7-1)48-29-31-53(32-30-48)69(54-28-16-21-49(41-54)47-19-8-2-9-20-47)56-36-40-65-62(43-56)60-38-34-58(45-66(60)71-65)68(52-26-14-5-15-27-52)57-33-37-59-61-42-55(35-39-63(61)70-64(59)44-57)67(50-22-10-3-11-23-50)51-24-12-4-13-25-51/h1-45H. The second-order valence-corrected chi connectivity index (χ2v) is 18.9. The summed E-state index contributed by atoms with van der Waals surface area (Å²) in [4.78, 5) is 7.01. The lowest BCUT2D eigenvalue weighted by Gasteiger charge is -2.26. The maximum absolute atomic E-state index is 6.67. The van der Waals surface area contributed by atoms with E-state index in [0.717, 1.165) is 73.1 Å². The Kier molecular flexibility index (Phi) is 10.7. The van der Waals surface area contributed by atoms with Crippen molar-refractivity contribution in [3.63, 3.8) is 0 Å². The van der Waals surface area contributed by atoms with Gasteiger partial charge in [-0.1, -0.05) is 146 Å². The summed E-state index contributed by atoms with van der Waals surface area (Å²) in [5, 5.41) is 4.60. The van der Waals surface area contributed by atoms with Crippen LogP contribution in [-0.4, -0.2) is 0 Å². The topological polar surface area (TPSA) is 22.9 Å². The maximum atomic E-state index is 6.67. The second-order valence-electron chi connectivity index (χ2n) is 17.8. The first-order chi connectivity index (χ1) is 35.2. The van der Waals surface area contributed by atoms with E-state index in [1.165, 1.54) is 42.4 Å². The molecule has 0 bridgehead atoms. The van der Waals surface area contributed by atoms with E-state index < -0.39 is 0 Å². The van der Waals surface area contributed by atoms with Crippen molar-refractivity contribution in [2.75, 3.05) is 14.7 Å². The van der Waals surface area contributed by atoms with Crippen molar-refractivity contribution in [3.05, 3.63) is 273 Å². The first-order valence-electron chi connectivity index (χ1n) is 24.0. The minimum atomic E-state index is 0.839. The number of para-hydroxylation sites is 3. The molecule has 4 nitrogen and oxygen atoms in total. The summed E-state index contributed by atoms with van der Waals surface area (Å²) in [5.74, 6) is 0. The lowest BCUT2D eigenvalue weighted by atomic mass is 10.0. The molecule has 2 aromatic heterocycles. The van der Waals surface area contributed by atoms with E-state index in [1.54, 1.807) is 0 Å². The molecule has 0 saturated heterocycles. The van der Waals surface area contributed by atoms with Gasteiger partial charge in [-0.15, -0.1) is 11.3 Å². The molecule has 0 atom stereocenters. The van der Waals surface area contributed by atoms with Crippen LogP contribution in [0.25, 0.3) is 64.4 Å². The Labute approximate surface area is 416 Å². The zero-order chi connectivity index (χ0) is 47.1. The van der Waals surface area contributed by atoms with Gasteiger partial charge in [0.15, 0.2) is 0 Å². The predicted octanol–water partition coefficient (Wildman–Crippen LogP) is 19.7.